The molecule has 20 heavy (non-hydrogen) atoms. The van der Waals surface area contributed by atoms with Gasteiger partial charge in [-0.3, -0.25) is 0 Å². The molecule has 0 aliphatic carbocycles. The summed E-state index contributed by atoms with van der Waals surface area (Å²) in [7, 11) is 0. The van der Waals surface area contributed by atoms with Crippen molar-refractivity contribution in [1.82, 2.24) is 4.72 Å². The fraction of sp³-hybridized carbons (Fsp3) is 0.444. The van der Waals surface area contributed by atoms with Crippen molar-refractivity contribution in [3.05, 3.63) is 53.0 Å². The fourth-order valence-electron chi connectivity index (χ4n) is 3.14. The van der Waals surface area contributed by atoms with E-state index in [-0.39, 0.29) is 5.41 Å². The van der Waals surface area contributed by atoms with Crippen LogP contribution in [0.3, 0.4) is 0 Å². The van der Waals surface area contributed by atoms with E-state index in [2.05, 4.69) is 81.2 Å². The Labute approximate surface area is 127 Å². The van der Waals surface area contributed by atoms with E-state index in [0.29, 0.717) is 5.41 Å². The van der Waals surface area contributed by atoms with Crippen LogP contribution in [0.15, 0.2) is 47.4 Å². The fourth-order valence-corrected chi connectivity index (χ4v) is 3.76. The van der Waals surface area contributed by atoms with E-state index in [9.17, 15) is 0 Å². The highest BCUT2D eigenvalue weighted by atomic mass is 32.2. The van der Waals surface area contributed by atoms with Crippen molar-refractivity contribution in [3.8, 4) is 0 Å². The van der Waals surface area contributed by atoms with Crippen LogP contribution >= 0.6 is 11.9 Å². The molecule has 0 spiro atoms. The molecular formula is C18H25NS. The van der Waals surface area contributed by atoms with Gasteiger partial charge in [0.1, 0.15) is 0 Å². The smallest absolute Gasteiger partial charge is 0.0553 e. The normalized spacial score (nSPS) is 16.2. The largest absolute Gasteiger partial charge is 0.325 e. The lowest BCUT2D eigenvalue weighted by Gasteiger charge is -2.36. The van der Waals surface area contributed by atoms with Crippen molar-refractivity contribution in [1.29, 1.82) is 0 Å². The van der Waals surface area contributed by atoms with Gasteiger partial charge in [-0.05, 0) is 51.8 Å². The monoisotopic (exact) mass is 287 g/mol. The van der Waals surface area contributed by atoms with Crippen LogP contribution < -0.4 is 4.72 Å². The van der Waals surface area contributed by atoms with Gasteiger partial charge in [0.05, 0.1) is 5.70 Å². The molecule has 1 heterocycles. The molecule has 1 N–H and O–H groups in total. The molecule has 1 aromatic carbocycles. The molecule has 0 amide bonds. The van der Waals surface area contributed by atoms with Crippen molar-refractivity contribution >= 4 is 17.6 Å². The zero-order valence-electron chi connectivity index (χ0n) is 13.2. The van der Waals surface area contributed by atoms with Crippen LogP contribution in [-0.4, -0.2) is 0 Å². The van der Waals surface area contributed by atoms with Crippen LogP contribution in [0.5, 0.6) is 0 Å². The number of hydrogen-bond acceptors (Lipinski definition) is 2. The average Bonchev–Trinajstić information content (AvgIpc) is 2.37. The molecule has 108 valence electrons. The Balaban J connectivity index is 2.44. The molecule has 0 saturated carbocycles. The van der Waals surface area contributed by atoms with Crippen LogP contribution in [0.1, 0.15) is 46.6 Å². The van der Waals surface area contributed by atoms with Crippen molar-refractivity contribution in [3.63, 3.8) is 0 Å². The van der Waals surface area contributed by atoms with Gasteiger partial charge < -0.3 is 4.72 Å². The van der Waals surface area contributed by atoms with E-state index in [0.717, 1.165) is 6.42 Å². The maximum absolute atomic E-state index is 3.49. The standard InChI is InChI=1S/C18H25NS/c1-17(2,3)13-18(4,5)15-11-12-20-19-16(15)14-9-7-6-8-10-14/h6-12,19H,13H2,1-5H3. The minimum atomic E-state index is 0.147. The summed E-state index contributed by atoms with van der Waals surface area (Å²) >= 11 is 1.65. The molecule has 0 unspecified atom stereocenters. The van der Waals surface area contributed by atoms with Gasteiger partial charge in [-0.1, -0.05) is 65.0 Å². The topological polar surface area (TPSA) is 12.0 Å². The zero-order chi connectivity index (χ0) is 14.8. The van der Waals surface area contributed by atoms with Gasteiger partial charge in [0, 0.05) is 0 Å². The van der Waals surface area contributed by atoms with Crippen molar-refractivity contribution < 1.29 is 0 Å². The first-order chi connectivity index (χ1) is 9.30. The van der Waals surface area contributed by atoms with E-state index < -0.39 is 0 Å². The maximum Gasteiger partial charge on any atom is 0.0553 e. The van der Waals surface area contributed by atoms with Gasteiger partial charge >= 0.3 is 0 Å². The molecule has 0 radical (unpaired) electrons. The summed E-state index contributed by atoms with van der Waals surface area (Å²) in [5.41, 5.74) is 4.39. The van der Waals surface area contributed by atoms with Crippen molar-refractivity contribution in [2.24, 2.45) is 10.8 Å². The lowest BCUT2D eigenvalue weighted by molar-refractivity contribution is 0.254. The Hall–Kier alpha value is -1.15. The predicted molar refractivity (Wildman–Crippen MR) is 91.1 cm³/mol. The number of benzene rings is 1. The first kappa shape index (κ1) is 15.2. The maximum atomic E-state index is 3.49. The quantitative estimate of drug-likeness (QED) is 0.724. The Kier molecular flexibility index (Phi) is 4.33. The minimum absolute atomic E-state index is 0.147. The van der Waals surface area contributed by atoms with E-state index >= 15 is 0 Å². The SMILES string of the molecule is CC(C)(C)CC(C)(C)C1=C(c2ccccc2)NSC=C1. The van der Waals surface area contributed by atoms with E-state index in [1.165, 1.54) is 16.8 Å². The van der Waals surface area contributed by atoms with E-state index in [4.69, 9.17) is 0 Å². The molecule has 0 atom stereocenters. The zero-order valence-corrected chi connectivity index (χ0v) is 14.0. The molecule has 1 nitrogen and oxygen atoms in total. The second-order valence-electron chi connectivity index (χ2n) is 7.30. The van der Waals surface area contributed by atoms with Crippen LogP contribution in [0, 0.1) is 10.8 Å². The highest BCUT2D eigenvalue weighted by molar-refractivity contribution is 8.00. The first-order valence-electron chi connectivity index (χ1n) is 7.18. The summed E-state index contributed by atoms with van der Waals surface area (Å²) in [4.78, 5) is 0. The van der Waals surface area contributed by atoms with Crippen LogP contribution in [0.25, 0.3) is 5.70 Å². The summed E-state index contributed by atoms with van der Waals surface area (Å²) in [6.45, 7) is 11.6. The molecule has 1 aliphatic heterocycles. The van der Waals surface area contributed by atoms with Crippen molar-refractivity contribution in [2.45, 2.75) is 41.0 Å². The molecular weight excluding hydrogens is 262 g/mol. The Morgan fingerprint density at radius 3 is 2.25 bits per heavy atom. The molecule has 0 saturated heterocycles. The van der Waals surface area contributed by atoms with Gasteiger partial charge in [-0.25, -0.2) is 0 Å². The molecule has 2 heteroatoms. The minimum Gasteiger partial charge on any atom is -0.325 e. The Bertz CT molecular complexity index is 518. The molecule has 0 bridgehead atoms. The van der Waals surface area contributed by atoms with E-state index in [1.807, 2.05) is 0 Å². The second-order valence-corrected chi connectivity index (χ2v) is 8.01. The number of nitrogens with one attached hydrogen (secondary N) is 1. The third kappa shape index (κ3) is 3.69. The van der Waals surface area contributed by atoms with Gasteiger partial charge in [0.15, 0.2) is 0 Å². The molecule has 0 fully saturated rings. The third-order valence-corrected chi connectivity index (χ3v) is 4.09. The summed E-state index contributed by atoms with van der Waals surface area (Å²) in [5.74, 6) is 0. The molecule has 1 aliphatic rings. The Morgan fingerprint density at radius 2 is 1.65 bits per heavy atom. The van der Waals surface area contributed by atoms with Crippen LogP contribution in [0.4, 0.5) is 0 Å². The number of hydrogen-bond donors (Lipinski definition) is 1. The number of rotatable bonds is 3. The average molecular weight is 287 g/mol. The molecule has 1 aromatic rings. The summed E-state index contributed by atoms with van der Waals surface area (Å²) in [6.07, 6.45) is 3.43. The summed E-state index contributed by atoms with van der Waals surface area (Å²) in [5, 5.41) is 2.15. The van der Waals surface area contributed by atoms with Crippen LogP contribution in [0.2, 0.25) is 0 Å². The van der Waals surface area contributed by atoms with Gasteiger partial charge in [0.25, 0.3) is 0 Å². The molecule has 2 rings (SSSR count). The second kappa shape index (κ2) is 5.69. The third-order valence-electron chi connectivity index (χ3n) is 3.50. The molecule has 0 aromatic heterocycles. The highest BCUT2D eigenvalue weighted by Crippen LogP contribution is 2.43. The lowest BCUT2D eigenvalue weighted by Crippen LogP contribution is -2.25. The summed E-state index contributed by atoms with van der Waals surface area (Å²) in [6, 6.07) is 10.6. The van der Waals surface area contributed by atoms with Gasteiger partial charge in [-0.15, -0.1) is 0 Å². The van der Waals surface area contributed by atoms with Gasteiger partial charge in [0.2, 0.25) is 0 Å². The van der Waals surface area contributed by atoms with Gasteiger partial charge in [-0.2, -0.15) is 0 Å². The van der Waals surface area contributed by atoms with E-state index in [1.54, 1.807) is 11.9 Å². The lowest BCUT2D eigenvalue weighted by atomic mass is 9.71. The highest BCUT2D eigenvalue weighted by Gasteiger charge is 2.31. The van der Waals surface area contributed by atoms with Crippen LogP contribution in [-0.2, 0) is 0 Å². The Morgan fingerprint density at radius 1 is 1.00 bits per heavy atom. The van der Waals surface area contributed by atoms with Crippen molar-refractivity contribution in [2.75, 3.05) is 0 Å². The summed E-state index contributed by atoms with van der Waals surface area (Å²) < 4.78 is 3.49. The predicted octanol–water partition coefficient (Wildman–Crippen LogP) is 5.63. The number of allylic oxidation sites excluding steroid dienone is 2. The first-order valence-corrected chi connectivity index (χ1v) is 8.06.